The molecule has 0 aromatic heterocycles. The minimum absolute atomic E-state index is 0.716. The van der Waals surface area contributed by atoms with Gasteiger partial charge in [-0.3, -0.25) is 0 Å². The maximum absolute atomic E-state index is 5.83. The molecule has 1 fully saturated rings. The Labute approximate surface area is 95.2 Å². The van der Waals surface area contributed by atoms with Crippen LogP contribution in [0.5, 0.6) is 0 Å². The molecule has 0 saturated carbocycles. The third kappa shape index (κ3) is 3.76. The summed E-state index contributed by atoms with van der Waals surface area (Å²) in [5.41, 5.74) is 5.83. The molecule has 2 nitrogen and oxygen atoms in total. The van der Waals surface area contributed by atoms with Crippen LogP contribution in [0.4, 0.5) is 0 Å². The predicted molar refractivity (Wildman–Crippen MR) is 66.8 cm³/mol. The zero-order valence-corrected chi connectivity index (χ0v) is 10.9. The first-order chi connectivity index (χ1) is 7.04. The second-order valence-corrected chi connectivity index (χ2v) is 5.74. The van der Waals surface area contributed by atoms with E-state index in [1.807, 2.05) is 0 Å². The van der Waals surface area contributed by atoms with Crippen molar-refractivity contribution in [3.05, 3.63) is 0 Å². The van der Waals surface area contributed by atoms with E-state index < -0.39 is 0 Å². The van der Waals surface area contributed by atoms with Gasteiger partial charge in [-0.05, 0) is 50.6 Å². The van der Waals surface area contributed by atoms with Crippen molar-refractivity contribution in [2.45, 2.75) is 46.6 Å². The molecule has 90 valence electrons. The summed E-state index contributed by atoms with van der Waals surface area (Å²) in [6.45, 7) is 12.7. The molecular formula is C13H28N2. The van der Waals surface area contributed by atoms with Gasteiger partial charge in [0.05, 0.1) is 0 Å². The molecule has 0 aromatic carbocycles. The van der Waals surface area contributed by atoms with Crippen molar-refractivity contribution in [2.24, 2.45) is 23.5 Å². The average Bonchev–Trinajstić information content (AvgIpc) is 2.17. The lowest BCUT2D eigenvalue weighted by molar-refractivity contribution is 0.0886. The highest BCUT2D eigenvalue weighted by molar-refractivity contribution is 4.81. The van der Waals surface area contributed by atoms with Gasteiger partial charge in [0, 0.05) is 12.6 Å². The van der Waals surface area contributed by atoms with E-state index in [0.29, 0.717) is 5.92 Å². The highest BCUT2D eigenvalue weighted by Crippen LogP contribution is 2.25. The van der Waals surface area contributed by atoms with Crippen LogP contribution in [-0.4, -0.2) is 30.6 Å². The number of nitrogens with zero attached hydrogens (tertiary/aromatic N) is 1. The number of hydrogen-bond donors (Lipinski definition) is 1. The molecule has 0 aliphatic carbocycles. The summed E-state index contributed by atoms with van der Waals surface area (Å²) in [5.74, 6) is 2.33. The molecule has 0 spiro atoms. The molecule has 0 aromatic rings. The predicted octanol–water partition coefficient (Wildman–Crippen LogP) is 2.34. The number of hydrogen-bond acceptors (Lipinski definition) is 2. The lowest BCUT2D eigenvalue weighted by atomic mass is 9.86. The highest BCUT2D eigenvalue weighted by Gasteiger charge is 2.27. The third-order valence-electron chi connectivity index (χ3n) is 3.88. The van der Waals surface area contributed by atoms with Crippen LogP contribution >= 0.6 is 0 Å². The molecule has 1 aliphatic heterocycles. The van der Waals surface area contributed by atoms with Crippen molar-refractivity contribution in [1.29, 1.82) is 0 Å². The smallest absolute Gasteiger partial charge is 0.00694 e. The molecule has 1 heterocycles. The fourth-order valence-electron chi connectivity index (χ4n) is 2.72. The van der Waals surface area contributed by atoms with E-state index in [-0.39, 0.29) is 0 Å². The molecule has 0 amide bonds. The zero-order chi connectivity index (χ0) is 11.4. The summed E-state index contributed by atoms with van der Waals surface area (Å²) in [5, 5.41) is 0. The number of likely N-dealkylation sites (tertiary alicyclic amines) is 1. The van der Waals surface area contributed by atoms with E-state index in [9.17, 15) is 0 Å². The summed E-state index contributed by atoms with van der Waals surface area (Å²) >= 11 is 0. The van der Waals surface area contributed by atoms with Crippen LogP contribution in [0.2, 0.25) is 0 Å². The maximum Gasteiger partial charge on any atom is 0.00694 e. The Balaban J connectivity index is 2.43. The Bertz CT molecular complexity index is 179. The van der Waals surface area contributed by atoms with E-state index in [4.69, 9.17) is 5.73 Å². The fraction of sp³-hybridized carbons (Fsp3) is 1.00. The van der Waals surface area contributed by atoms with Crippen molar-refractivity contribution >= 4 is 0 Å². The van der Waals surface area contributed by atoms with Crippen LogP contribution in [0, 0.1) is 17.8 Å². The monoisotopic (exact) mass is 212 g/mol. The molecule has 2 heteroatoms. The van der Waals surface area contributed by atoms with Crippen LogP contribution < -0.4 is 5.73 Å². The normalized spacial score (nSPS) is 30.8. The standard InChI is InChI=1S/C13H28N2/c1-10(2)7-12(4)15-6-5-11(3)13(8-14)9-15/h10-13H,5-9,14H2,1-4H3. The first kappa shape index (κ1) is 13.0. The van der Waals surface area contributed by atoms with Gasteiger partial charge < -0.3 is 10.6 Å². The van der Waals surface area contributed by atoms with Crippen LogP contribution in [0.3, 0.4) is 0 Å². The summed E-state index contributed by atoms with van der Waals surface area (Å²) in [7, 11) is 0. The lowest BCUT2D eigenvalue weighted by Gasteiger charge is -2.40. The average molecular weight is 212 g/mol. The lowest BCUT2D eigenvalue weighted by Crippen LogP contribution is -2.46. The summed E-state index contributed by atoms with van der Waals surface area (Å²) < 4.78 is 0. The summed E-state index contributed by atoms with van der Waals surface area (Å²) in [6, 6.07) is 0.728. The highest BCUT2D eigenvalue weighted by atomic mass is 15.2. The van der Waals surface area contributed by atoms with Gasteiger partial charge in [0.25, 0.3) is 0 Å². The molecule has 1 rings (SSSR count). The van der Waals surface area contributed by atoms with Gasteiger partial charge in [0.15, 0.2) is 0 Å². The Morgan fingerprint density at radius 1 is 1.33 bits per heavy atom. The zero-order valence-electron chi connectivity index (χ0n) is 10.9. The van der Waals surface area contributed by atoms with Crippen LogP contribution in [0.25, 0.3) is 0 Å². The van der Waals surface area contributed by atoms with Gasteiger partial charge in [-0.2, -0.15) is 0 Å². The van der Waals surface area contributed by atoms with Crippen LogP contribution in [0.1, 0.15) is 40.5 Å². The van der Waals surface area contributed by atoms with Crippen LogP contribution in [-0.2, 0) is 0 Å². The molecule has 15 heavy (non-hydrogen) atoms. The van der Waals surface area contributed by atoms with Gasteiger partial charge >= 0.3 is 0 Å². The summed E-state index contributed by atoms with van der Waals surface area (Å²) in [4.78, 5) is 2.64. The van der Waals surface area contributed by atoms with E-state index in [0.717, 1.165) is 24.4 Å². The van der Waals surface area contributed by atoms with Crippen molar-refractivity contribution in [1.82, 2.24) is 4.90 Å². The number of rotatable bonds is 4. The molecule has 2 N–H and O–H groups in total. The second-order valence-electron chi connectivity index (χ2n) is 5.74. The van der Waals surface area contributed by atoms with Gasteiger partial charge in [0.1, 0.15) is 0 Å². The van der Waals surface area contributed by atoms with Crippen molar-refractivity contribution < 1.29 is 0 Å². The van der Waals surface area contributed by atoms with Gasteiger partial charge in [-0.25, -0.2) is 0 Å². The molecular weight excluding hydrogens is 184 g/mol. The molecule has 1 saturated heterocycles. The van der Waals surface area contributed by atoms with Gasteiger partial charge in [-0.1, -0.05) is 20.8 Å². The first-order valence-corrected chi connectivity index (χ1v) is 6.48. The Kier molecular flexibility index (Phi) is 5.07. The minimum Gasteiger partial charge on any atom is -0.330 e. The second kappa shape index (κ2) is 5.86. The molecule has 3 unspecified atom stereocenters. The van der Waals surface area contributed by atoms with Gasteiger partial charge in [0.2, 0.25) is 0 Å². The first-order valence-electron chi connectivity index (χ1n) is 6.48. The quantitative estimate of drug-likeness (QED) is 0.775. The van der Waals surface area contributed by atoms with Crippen LogP contribution in [0.15, 0.2) is 0 Å². The maximum atomic E-state index is 5.83. The van der Waals surface area contributed by atoms with Crippen molar-refractivity contribution in [3.8, 4) is 0 Å². The fourth-order valence-corrected chi connectivity index (χ4v) is 2.72. The van der Waals surface area contributed by atoms with Crippen molar-refractivity contribution in [2.75, 3.05) is 19.6 Å². The topological polar surface area (TPSA) is 29.3 Å². The van der Waals surface area contributed by atoms with Crippen molar-refractivity contribution in [3.63, 3.8) is 0 Å². The van der Waals surface area contributed by atoms with E-state index >= 15 is 0 Å². The molecule has 1 aliphatic rings. The van der Waals surface area contributed by atoms with E-state index in [2.05, 4.69) is 32.6 Å². The van der Waals surface area contributed by atoms with Gasteiger partial charge in [-0.15, -0.1) is 0 Å². The number of piperidine rings is 1. The largest absolute Gasteiger partial charge is 0.330 e. The Morgan fingerprint density at radius 3 is 2.53 bits per heavy atom. The molecule has 3 atom stereocenters. The third-order valence-corrected chi connectivity index (χ3v) is 3.88. The minimum atomic E-state index is 0.716. The molecule has 0 bridgehead atoms. The van der Waals surface area contributed by atoms with E-state index in [1.165, 1.54) is 25.9 Å². The molecule has 0 radical (unpaired) electrons. The Morgan fingerprint density at radius 2 is 2.00 bits per heavy atom. The Hall–Kier alpha value is -0.0800. The SMILES string of the molecule is CC(C)CC(C)N1CCC(C)C(CN)C1. The van der Waals surface area contributed by atoms with E-state index in [1.54, 1.807) is 0 Å². The number of nitrogens with two attached hydrogens (primary N) is 1. The summed E-state index contributed by atoms with van der Waals surface area (Å²) in [6.07, 6.45) is 2.63.